The number of isothiocyanates is 3. The van der Waals surface area contributed by atoms with Crippen molar-refractivity contribution in [2.24, 2.45) is 15.0 Å². The van der Waals surface area contributed by atoms with E-state index in [9.17, 15) is 0 Å². The second-order valence-electron chi connectivity index (χ2n) is 11.7. The van der Waals surface area contributed by atoms with Crippen molar-refractivity contribution in [1.29, 1.82) is 0 Å². The van der Waals surface area contributed by atoms with Crippen molar-refractivity contribution in [2.75, 3.05) is 0 Å². The Hall–Kier alpha value is -5.70. The molecule has 0 aliphatic rings. The maximum Gasteiger partial charge on any atom is 0.159 e. The van der Waals surface area contributed by atoms with Gasteiger partial charge in [-0.05, 0) is 152 Å². The van der Waals surface area contributed by atoms with E-state index in [0.29, 0.717) is 0 Å². The number of nitrogens with zero attached hydrogens (tertiary/aromatic N) is 9. The summed E-state index contributed by atoms with van der Waals surface area (Å²) >= 11 is 13.7. The van der Waals surface area contributed by atoms with Crippen LogP contribution in [0, 0.1) is 0 Å². The topological polar surface area (TPSA) is 114 Å². The average Bonchev–Trinajstić information content (AvgIpc) is 3.22. The van der Waals surface area contributed by atoms with Crippen LogP contribution < -0.4 is 0 Å². The van der Waals surface area contributed by atoms with Gasteiger partial charge in [0.25, 0.3) is 0 Å². The third kappa shape index (κ3) is 13.4. The van der Waals surface area contributed by atoms with Gasteiger partial charge in [-0.2, -0.15) is 15.0 Å². The first kappa shape index (κ1) is 41.1. The second kappa shape index (κ2) is 23.1. The first-order valence-corrected chi connectivity index (χ1v) is 18.7. The fourth-order valence-corrected chi connectivity index (χ4v) is 5.15. The number of thiocarbonyl (C=S) groups is 3. The van der Waals surface area contributed by atoms with Gasteiger partial charge in [0.15, 0.2) is 17.5 Å². The minimum atomic E-state index is 0.722. The highest BCUT2D eigenvalue weighted by Crippen LogP contribution is 2.21. The van der Waals surface area contributed by atoms with Crippen LogP contribution in [0.15, 0.2) is 125 Å². The molecule has 3 aromatic carbocycles. The van der Waals surface area contributed by atoms with Crippen LogP contribution in [0.3, 0.4) is 0 Å². The van der Waals surface area contributed by atoms with Crippen molar-refractivity contribution >= 4 is 69.2 Å². The molecule has 0 spiro atoms. The smallest absolute Gasteiger partial charge is 0.159 e. The van der Waals surface area contributed by atoms with Gasteiger partial charge in [0.2, 0.25) is 0 Å². The number of aliphatic imine (C=N–C) groups is 3. The largest absolute Gasteiger partial charge is 0.236 e. The number of hydrogen-bond acceptors (Lipinski definition) is 12. The Morgan fingerprint density at radius 1 is 0.426 bits per heavy atom. The number of rotatable bonds is 12. The van der Waals surface area contributed by atoms with Gasteiger partial charge < -0.3 is 0 Å². The zero-order valence-electron chi connectivity index (χ0n) is 30.4. The predicted molar refractivity (Wildman–Crippen MR) is 228 cm³/mol. The summed E-state index contributed by atoms with van der Waals surface area (Å²) in [5.41, 5.74) is 8.78. The molecule has 0 aliphatic carbocycles. The molecule has 0 aliphatic heterocycles. The van der Waals surface area contributed by atoms with E-state index in [4.69, 9.17) is 0 Å². The fraction of sp³-hybridized carbons (Fsp3) is 0.214. The lowest BCUT2D eigenvalue weighted by atomic mass is 10.1. The SMILES string of the molecule is CCCCc1cnc(-c2ccc(N=C=S)cc2)nc1.CCCc1cnc(-c2ccc(N=C=S)cc2)nc1.CCc1cnc(-c2ccc(N=C=S)cc2)nc1. The Morgan fingerprint density at radius 3 is 1.02 bits per heavy atom. The zero-order chi connectivity index (χ0) is 38.4. The molecular weight excluding hydrogens is 727 g/mol. The van der Waals surface area contributed by atoms with Gasteiger partial charge >= 0.3 is 0 Å². The number of aromatic nitrogens is 6. The quantitative estimate of drug-likeness (QED) is 0.0887. The van der Waals surface area contributed by atoms with E-state index in [0.717, 1.165) is 82.5 Å². The van der Waals surface area contributed by atoms with Gasteiger partial charge in [-0.25, -0.2) is 29.9 Å². The molecule has 12 heteroatoms. The molecule has 6 rings (SSSR count). The Morgan fingerprint density at radius 2 is 0.741 bits per heavy atom. The summed E-state index contributed by atoms with van der Waals surface area (Å²) in [4.78, 5) is 37.9. The molecule has 54 heavy (non-hydrogen) atoms. The van der Waals surface area contributed by atoms with Crippen LogP contribution in [0.1, 0.15) is 56.7 Å². The van der Waals surface area contributed by atoms with Crippen LogP contribution in [-0.2, 0) is 19.3 Å². The van der Waals surface area contributed by atoms with Crippen molar-refractivity contribution in [2.45, 2.75) is 59.3 Å². The van der Waals surface area contributed by atoms with E-state index >= 15 is 0 Å². The molecule has 0 fully saturated rings. The Balaban J connectivity index is 0.000000181. The highest BCUT2D eigenvalue weighted by atomic mass is 32.1. The van der Waals surface area contributed by atoms with Crippen LogP contribution in [0.4, 0.5) is 17.1 Å². The normalized spacial score (nSPS) is 9.83. The maximum absolute atomic E-state index is 4.57. The number of aryl methyl sites for hydroxylation is 3. The predicted octanol–water partition coefficient (Wildman–Crippen LogP) is 11.5. The zero-order valence-corrected chi connectivity index (χ0v) is 32.8. The summed E-state index contributed by atoms with van der Waals surface area (Å²) in [6, 6.07) is 22.8. The van der Waals surface area contributed by atoms with Crippen molar-refractivity contribution in [3.63, 3.8) is 0 Å². The molecule has 0 atom stereocenters. The molecule has 3 aromatic heterocycles. The first-order valence-electron chi connectivity index (χ1n) is 17.5. The number of benzene rings is 3. The molecule has 0 radical (unpaired) electrons. The standard InChI is InChI=1S/C15H15N3S.C14H13N3S.C13H11N3S/c1-2-3-4-12-9-16-15(17-10-12)13-5-7-14(8-6-13)18-11-19;1-2-3-11-8-15-14(16-9-11)12-4-6-13(7-5-12)17-10-18;1-2-10-7-14-13(15-8-10)11-3-5-12(6-4-11)16-9-17/h5-10H,2-4H2,1H3;4-9H,2-3H2,1H3;3-8H,2H2,1H3. The molecule has 270 valence electrons. The van der Waals surface area contributed by atoms with Gasteiger partial charge in [0, 0.05) is 53.9 Å². The summed E-state index contributed by atoms with van der Waals surface area (Å²) in [7, 11) is 0. The molecule has 0 bridgehead atoms. The molecule has 3 heterocycles. The Labute approximate surface area is 332 Å². The molecule has 9 nitrogen and oxygen atoms in total. The van der Waals surface area contributed by atoms with Crippen LogP contribution in [0.5, 0.6) is 0 Å². The van der Waals surface area contributed by atoms with E-state index < -0.39 is 0 Å². The summed E-state index contributed by atoms with van der Waals surface area (Å²) in [5, 5.41) is 7.02. The molecule has 0 amide bonds. The average molecular weight is 766 g/mol. The third-order valence-electron chi connectivity index (χ3n) is 7.78. The molecule has 0 N–H and O–H groups in total. The fourth-order valence-electron chi connectivity index (χ4n) is 4.84. The first-order chi connectivity index (χ1) is 26.5. The Kier molecular flexibility index (Phi) is 17.5. The van der Waals surface area contributed by atoms with Gasteiger partial charge in [-0.3, -0.25) is 0 Å². The van der Waals surface area contributed by atoms with Crippen LogP contribution in [-0.4, -0.2) is 45.4 Å². The second-order valence-corrected chi connectivity index (χ2v) is 12.2. The molecule has 6 aromatic rings. The molecule has 0 saturated carbocycles. The van der Waals surface area contributed by atoms with Crippen molar-refractivity contribution in [3.8, 4) is 34.2 Å². The van der Waals surface area contributed by atoms with Crippen molar-refractivity contribution < 1.29 is 0 Å². The van der Waals surface area contributed by atoms with E-state index in [1.807, 2.05) is 110 Å². The maximum atomic E-state index is 4.57. The van der Waals surface area contributed by atoms with Gasteiger partial charge in [0.1, 0.15) is 0 Å². The third-order valence-corrected chi connectivity index (χ3v) is 8.06. The molecule has 0 saturated heterocycles. The highest BCUT2D eigenvalue weighted by molar-refractivity contribution is 7.78. The van der Waals surface area contributed by atoms with Gasteiger partial charge in [0.05, 0.1) is 32.5 Å². The number of unbranched alkanes of at least 4 members (excludes halogenated alkanes) is 1. The summed E-state index contributed by atoms with van der Waals surface area (Å²) < 4.78 is 0. The van der Waals surface area contributed by atoms with E-state index in [-0.39, 0.29) is 0 Å². The summed E-state index contributed by atoms with van der Waals surface area (Å²) in [5.74, 6) is 2.19. The van der Waals surface area contributed by atoms with E-state index in [1.54, 1.807) is 0 Å². The number of hydrogen-bond donors (Lipinski definition) is 0. The van der Waals surface area contributed by atoms with Gasteiger partial charge in [-0.15, -0.1) is 0 Å². The van der Waals surface area contributed by atoms with Crippen LogP contribution in [0.25, 0.3) is 34.2 Å². The minimum Gasteiger partial charge on any atom is -0.236 e. The minimum absolute atomic E-state index is 0.722. The lowest BCUT2D eigenvalue weighted by Crippen LogP contribution is -1.92. The van der Waals surface area contributed by atoms with Gasteiger partial charge in [-0.1, -0.05) is 33.6 Å². The van der Waals surface area contributed by atoms with Crippen LogP contribution >= 0.6 is 36.7 Å². The van der Waals surface area contributed by atoms with Crippen molar-refractivity contribution in [3.05, 3.63) is 127 Å². The monoisotopic (exact) mass is 765 g/mol. The molecular formula is C42H39N9S3. The van der Waals surface area contributed by atoms with Crippen LogP contribution in [0.2, 0.25) is 0 Å². The van der Waals surface area contributed by atoms with E-state index in [1.165, 1.54) is 24.0 Å². The lowest BCUT2D eigenvalue weighted by Gasteiger charge is -2.02. The van der Waals surface area contributed by atoms with E-state index in [2.05, 4.69) is 118 Å². The lowest BCUT2D eigenvalue weighted by molar-refractivity contribution is 0.788. The highest BCUT2D eigenvalue weighted by Gasteiger charge is 2.04. The van der Waals surface area contributed by atoms with Crippen molar-refractivity contribution in [1.82, 2.24) is 29.9 Å². The summed E-state index contributed by atoms with van der Waals surface area (Å²) in [6.45, 7) is 6.40. The Bertz CT molecular complexity index is 2170. The summed E-state index contributed by atoms with van der Waals surface area (Å²) in [6.07, 6.45) is 17.7. The molecule has 0 unspecified atom stereocenters.